The highest BCUT2D eigenvalue weighted by Gasteiger charge is 2.08. The molecule has 0 aliphatic carbocycles. The number of nitrogens with zero attached hydrogens (tertiary/aromatic N) is 3. The number of nitrogen functional groups attached to an aromatic ring is 1. The number of anilines is 1. The van der Waals surface area contributed by atoms with Gasteiger partial charge in [0.05, 0.1) is 5.69 Å². The lowest BCUT2D eigenvalue weighted by molar-refractivity contribution is 0.368. The minimum Gasteiger partial charge on any atom is -0.375 e. The van der Waals surface area contributed by atoms with E-state index in [4.69, 9.17) is 10.3 Å². The van der Waals surface area contributed by atoms with Crippen LogP contribution in [0.15, 0.2) is 9.90 Å². The average molecular weight is 266 g/mol. The zero-order valence-electron chi connectivity index (χ0n) is 10.7. The van der Waals surface area contributed by atoms with Crippen molar-refractivity contribution in [1.29, 1.82) is 0 Å². The monoisotopic (exact) mass is 266 g/mol. The lowest BCUT2D eigenvalue weighted by Gasteiger charge is -1.96. The van der Waals surface area contributed by atoms with Crippen LogP contribution < -0.4 is 5.73 Å². The molecule has 0 radical (unpaired) electrons. The molecule has 6 heteroatoms. The summed E-state index contributed by atoms with van der Waals surface area (Å²) in [5.41, 5.74) is 6.62. The van der Waals surface area contributed by atoms with Gasteiger partial charge in [0, 0.05) is 18.2 Å². The Hall–Kier alpha value is -1.43. The van der Waals surface area contributed by atoms with Crippen LogP contribution in [0, 0.1) is 5.92 Å². The topological polar surface area (TPSA) is 77.8 Å². The molecule has 0 aromatic carbocycles. The molecule has 0 amide bonds. The van der Waals surface area contributed by atoms with Crippen LogP contribution in [0.25, 0.3) is 0 Å². The van der Waals surface area contributed by atoms with Crippen molar-refractivity contribution in [2.75, 3.05) is 5.73 Å². The van der Waals surface area contributed by atoms with Crippen molar-refractivity contribution >= 4 is 16.5 Å². The van der Waals surface area contributed by atoms with E-state index in [-0.39, 0.29) is 0 Å². The lowest BCUT2D eigenvalue weighted by atomic mass is 10.1. The fourth-order valence-electron chi connectivity index (χ4n) is 1.70. The van der Waals surface area contributed by atoms with Crippen LogP contribution in [0.5, 0.6) is 0 Å². The molecule has 0 spiro atoms. The third-order valence-electron chi connectivity index (χ3n) is 2.49. The normalized spacial score (nSPS) is 11.3. The smallest absolute Gasteiger partial charge is 0.226 e. The molecular formula is C12H18N4OS. The van der Waals surface area contributed by atoms with Gasteiger partial charge in [0.25, 0.3) is 0 Å². The second-order valence-corrected chi connectivity index (χ2v) is 5.62. The molecule has 5 nitrogen and oxygen atoms in total. The summed E-state index contributed by atoms with van der Waals surface area (Å²) in [4.78, 5) is 8.58. The van der Waals surface area contributed by atoms with Gasteiger partial charge in [-0.2, -0.15) is 4.98 Å². The van der Waals surface area contributed by atoms with Crippen molar-refractivity contribution in [3.8, 4) is 0 Å². The van der Waals surface area contributed by atoms with Gasteiger partial charge in [-0.15, -0.1) is 11.3 Å². The Bertz CT molecular complexity index is 492. The average Bonchev–Trinajstić information content (AvgIpc) is 2.88. The van der Waals surface area contributed by atoms with E-state index in [1.165, 1.54) is 11.3 Å². The number of thiazole rings is 1. The SMILES string of the molecule is CC(C)Cc1noc(CCCc2csc(N)n2)n1. The number of aromatic nitrogens is 3. The second kappa shape index (κ2) is 5.95. The van der Waals surface area contributed by atoms with Crippen molar-refractivity contribution in [2.24, 2.45) is 5.92 Å². The molecule has 0 atom stereocenters. The Morgan fingerprint density at radius 3 is 2.83 bits per heavy atom. The van der Waals surface area contributed by atoms with Crippen LogP contribution in [0.4, 0.5) is 5.13 Å². The van der Waals surface area contributed by atoms with Crippen molar-refractivity contribution < 1.29 is 4.52 Å². The molecule has 98 valence electrons. The summed E-state index contributed by atoms with van der Waals surface area (Å²) in [5.74, 6) is 2.07. The van der Waals surface area contributed by atoms with Gasteiger partial charge in [0.15, 0.2) is 11.0 Å². The Morgan fingerprint density at radius 2 is 2.17 bits per heavy atom. The highest BCUT2D eigenvalue weighted by Crippen LogP contribution is 2.14. The molecule has 18 heavy (non-hydrogen) atoms. The molecule has 0 aliphatic heterocycles. The first kappa shape index (κ1) is 13.0. The quantitative estimate of drug-likeness (QED) is 0.869. The standard InChI is InChI=1S/C12H18N4OS/c1-8(2)6-10-15-11(17-16-10)5-3-4-9-7-18-12(13)14-9/h7-8H,3-6H2,1-2H3,(H2,13,14). The van der Waals surface area contributed by atoms with Crippen LogP contribution in [0.2, 0.25) is 0 Å². The molecule has 0 saturated heterocycles. The zero-order chi connectivity index (χ0) is 13.0. The summed E-state index contributed by atoms with van der Waals surface area (Å²) in [5, 5.41) is 6.59. The number of hydrogen-bond donors (Lipinski definition) is 1. The largest absolute Gasteiger partial charge is 0.375 e. The van der Waals surface area contributed by atoms with E-state index < -0.39 is 0 Å². The van der Waals surface area contributed by atoms with Gasteiger partial charge in [-0.05, 0) is 18.8 Å². The third kappa shape index (κ3) is 3.80. The number of hydrogen-bond acceptors (Lipinski definition) is 6. The molecule has 2 rings (SSSR count). The number of aryl methyl sites for hydroxylation is 2. The lowest BCUT2D eigenvalue weighted by Crippen LogP contribution is -1.96. The van der Waals surface area contributed by atoms with Gasteiger partial charge in [-0.1, -0.05) is 19.0 Å². The first-order chi connectivity index (χ1) is 8.63. The Kier molecular flexibility index (Phi) is 4.30. The summed E-state index contributed by atoms with van der Waals surface area (Å²) < 4.78 is 5.21. The molecule has 2 aromatic heterocycles. The maximum atomic E-state index is 5.58. The Morgan fingerprint density at radius 1 is 1.33 bits per heavy atom. The molecule has 0 unspecified atom stereocenters. The van der Waals surface area contributed by atoms with Gasteiger partial charge in [0.2, 0.25) is 5.89 Å². The van der Waals surface area contributed by atoms with Crippen LogP contribution in [-0.2, 0) is 19.3 Å². The Balaban J connectivity index is 1.78. The number of rotatable bonds is 6. The van der Waals surface area contributed by atoms with E-state index in [0.29, 0.717) is 16.9 Å². The zero-order valence-corrected chi connectivity index (χ0v) is 11.5. The van der Waals surface area contributed by atoms with Crippen LogP contribution in [0.1, 0.15) is 37.7 Å². The maximum Gasteiger partial charge on any atom is 0.226 e. The van der Waals surface area contributed by atoms with Gasteiger partial charge in [-0.3, -0.25) is 0 Å². The molecular weight excluding hydrogens is 248 g/mol. The highest BCUT2D eigenvalue weighted by atomic mass is 32.1. The van der Waals surface area contributed by atoms with Crippen molar-refractivity contribution in [3.05, 3.63) is 22.8 Å². The molecule has 0 saturated carbocycles. The van der Waals surface area contributed by atoms with Crippen molar-refractivity contribution in [1.82, 2.24) is 15.1 Å². The van der Waals surface area contributed by atoms with Gasteiger partial charge >= 0.3 is 0 Å². The summed E-state index contributed by atoms with van der Waals surface area (Å²) in [6.45, 7) is 4.28. The van der Waals surface area contributed by atoms with Gasteiger partial charge < -0.3 is 10.3 Å². The Labute approximate surface area is 110 Å². The maximum absolute atomic E-state index is 5.58. The summed E-state index contributed by atoms with van der Waals surface area (Å²) in [6, 6.07) is 0. The fraction of sp³-hybridized carbons (Fsp3) is 0.583. The molecule has 2 N–H and O–H groups in total. The van der Waals surface area contributed by atoms with E-state index in [1.807, 2.05) is 5.38 Å². The van der Waals surface area contributed by atoms with Crippen molar-refractivity contribution in [3.63, 3.8) is 0 Å². The summed E-state index contributed by atoms with van der Waals surface area (Å²) in [7, 11) is 0. The molecule has 2 aromatic rings. The van der Waals surface area contributed by atoms with Crippen LogP contribution >= 0.6 is 11.3 Å². The first-order valence-corrected chi connectivity index (χ1v) is 7.03. The summed E-state index contributed by atoms with van der Waals surface area (Å²) >= 11 is 1.48. The molecule has 0 fully saturated rings. The third-order valence-corrected chi connectivity index (χ3v) is 3.22. The molecule has 0 aliphatic rings. The van der Waals surface area contributed by atoms with E-state index >= 15 is 0 Å². The van der Waals surface area contributed by atoms with E-state index in [9.17, 15) is 0 Å². The van der Waals surface area contributed by atoms with Gasteiger partial charge in [-0.25, -0.2) is 4.98 Å². The minimum absolute atomic E-state index is 0.549. The predicted octanol–water partition coefficient (Wildman–Crippen LogP) is 2.48. The first-order valence-electron chi connectivity index (χ1n) is 6.15. The highest BCUT2D eigenvalue weighted by molar-refractivity contribution is 7.13. The molecule has 0 bridgehead atoms. The van der Waals surface area contributed by atoms with Crippen LogP contribution in [0.3, 0.4) is 0 Å². The van der Waals surface area contributed by atoms with E-state index in [0.717, 1.165) is 37.2 Å². The number of nitrogens with two attached hydrogens (primary N) is 1. The fourth-order valence-corrected chi connectivity index (χ4v) is 2.30. The van der Waals surface area contributed by atoms with Crippen molar-refractivity contribution in [2.45, 2.75) is 39.5 Å². The minimum atomic E-state index is 0.549. The molecule has 2 heterocycles. The van der Waals surface area contributed by atoms with E-state index in [2.05, 4.69) is 29.0 Å². The van der Waals surface area contributed by atoms with E-state index in [1.54, 1.807) is 0 Å². The predicted molar refractivity (Wildman–Crippen MR) is 71.4 cm³/mol. The second-order valence-electron chi connectivity index (χ2n) is 4.73. The van der Waals surface area contributed by atoms with Gasteiger partial charge in [0.1, 0.15) is 0 Å². The summed E-state index contributed by atoms with van der Waals surface area (Å²) in [6.07, 6.45) is 3.51. The van der Waals surface area contributed by atoms with Crippen LogP contribution in [-0.4, -0.2) is 15.1 Å².